The number of aromatic nitrogens is 7. The normalized spacial score (nSPS) is 12.4. The predicted octanol–water partition coefficient (Wildman–Crippen LogP) is 5.65. The summed E-state index contributed by atoms with van der Waals surface area (Å²) in [7, 11) is 0. The molecule has 16 heteroatoms. The molecular formula is C29H19ClF4N7O3S+. The zero-order chi connectivity index (χ0) is 31.9. The van der Waals surface area contributed by atoms with E-state index in [0.29, 0.717) is 27.1 Å². The summed E-state index contributed by atoms with van der Waals surface area (Å²) in [5.41, 5.74) is 0.283. The average Bonchev–Trinajstić information content (AvgIpc) is 3.80. The number of alkyl halides is 3. The third kappa shape index (κ3) is 5.99. The Bertz CT molecular complexity index is 2010. The lowest BCUT2D eigenvalue weighted by atomic mass is 10.0. The largest absolute Gasteiger partial charge is 0.618 e. The molecule has 0 saturated carbocycles. The topological polar surface area (TPSA) is 128 Å². The van der Waals surface area contributed by atoms with Crippen molar-refractivity contribution < 1.29 is 36.9 Å². The lowest BCUT2D eigenvalue weighted by molar-refractivity contribution is -0.659. The molecule has 0 aliphatic rings. The molecule has 0 radical (unpaired) electrons. The molecule has 2 N–H and O–H groups in total. The highest BCUT2D eigenvalue weighted by Gasteiger charge is 2.41. The minimum absolute atomic E-state index is 0.0482. The second-order valence-corrected chi connectivity index (χ2v) is 11.1. The highest BCUT2D eigenvalue weighted by Crippen LogP contribution is 2.33. The molecule has 6 aromatic rings. The van der Waals surface area contributed by atoms with Crippen molar-refractivity contribution >= 4 is 28.9 Å². The van der Waals surface area contributed by atoms with Gasteiger partial charge >= 0.3 is 17.8 Å². The van der Waals surface area contributed by atoms with Gasteiger partial charge in [-0.25, -0.2) is 14.2 Å². The Balaban J connectivity index is 1.40. The number of nitrogens with one attached hydrogen (secondary N) is 1. The molecule has 6 rings (SSSR count). The number of thiazole rings is 1. The third-order valence-electron chi connectivity index (χ3n) is 6.96. The van der Waals surface area contributed by atoms with Crippen molar-refractivity contribution in [3.63, 3.8) is 0 Å². The summed E-state index contributed by atoms with van der Waals surface area (Å²) in [5.74, 6) is -1.99. The molecule has 0 spiro atoms. The molecule has 10 nitrogen and oxygen atoms in total. The molecule has 1 unspecified atom stereocenters. The maximum Gasteiger partial charge on any atom is 0.464 e. The van der Waals surface area contributed by atoms with Crippen LogP contribution in [0.25, 0.3) is 27.9 Å². The standard InChI is InChI=1S/C29H18ClF4N7O3S/c30-20-6-8-22(40-15-24(37-38-40)29(32,33)34)26(27(20)31)18-5-7-21(41(44)14-18)23(11-25-35-9-10-45-25)39-13-19(12-36-39)16-1-3-17(4-2-16)28(42)43/h1-10,12-15,23H,11H2,(H,42,43)/p+1. The highest BCUT2D eigenvalue weighted by molar-refractivity contribution is 7.09. The molecule has 45 heavy (non-hydrogen) atoms. The Morgan fingerprint density at radius 2 is 1.84 bits per heavy atom. The van der Waals surface area contributed by atoms with E-state index >= 15 is 4.39 Å². The van der Waals surface area contributed by atoms with Crippen LogP contribution >= 0.6 is 22.9 Å². The summed E-state index contributed by atoms with van der Waals surface area (Å²) in [6, 6.07) is 11.0. The van der Waals surface area contributed by atoms with Gasteiger partial charge in [0.05, 0.1) is 38.0 Å². The molecular weight excluding hydrogens is 638 g/mol. The van der Waals surface area contributed by atoms with E-state index in [0.717, 1.165) is 10.9 Å². The van der Waals surface area contributed by atoms with Crippen LogP contribution in [0.5, 0.6) is 0 Å². The zero-order valence-electron chi connectivity index (χ0n) is 22.6. The van der Waals surface area contributed by atoms with Gasteiger partial charge in [-0.05, 0) is 35.9 Å². The van der Waals surface area contributed by atoms with Crippen LogP contribution in [0.1, 0.15) is 32.8 Å². The number of halogens is 5. The number of aromatic amines is 1. The first-order chi connectivity index (χ1) is 21.5. The fourth-order valence-electron chi connectivity index (χ4n) is 4.78. The quantitative estimate of drug-likeness (QED) is 0.124. The number of carboxylic acid groups (broad SMARTS) is 1. The van der Waals surface area contributed by atoms with Crippen molar-refractivity contribution in [1.82, 2.24) is 25.1 Å². The fraction of sp³-hybridized carbons (Fsp3) is 0.103. The zero-order valence-corrected chi connectivity index (χ0v) is 24.2. The van der Waals surface area contributed by atoms with E-state index < -0.39 is 29.7 Å². The van der Waals surface area contributed by atoms with Gasteiger partial charge < -0.3 is 10.3 Å². The first-order valence-corrected chi connectivity index (χ1v) is 14.3. The van der Waals surface area contributed by atoms with Gasteiger partial charge in [-0.2, -0.15) is 23.0 Å². The number of nitrogens with zero attached hydrogens (tertiary/aromatic N) is 6. The maximum atomic E-state index is 15.4. The van der Waals surface area contributed by atoms with Gasteiger partial charge in [0.15, 0.2) is 23.9 Å². The molecule has 0 fully saturated rings. The minimum Gasteiger partial charge on any atom is -0.618 e. The molecule has 0 aliphatic carbocycles. The van der Waals surface area contributed by atoms with E-state index in [1.54, 1.807) is 40.8 Å². The molecule has 4 aromatic heterocycles. The van der Waals surface area contributed by atoms with Crippen molar-refractivity contribution in [2.75, 3.05) is 0 Å². The van der Waals surface area contributed by atoms with Crippen LogP contribution in [-0.2, 0) is 12.6 Å². The first-order valence-electron chi connectivity index (χ1n) is 13.0. The summed E-state index contributed by atoms with van der Waals surface area (Å²) in [6.45, 7) is 0. The van der Waals surface area contributed by atoms with E-state index in [1.807, 2.05) is 0 Å². The molecule has 0 saturated heterocycles. The lowest BCUT2D eigenvalue weighted by Gasteiger charge is -2.17. The monoisotopic (exact) mass is 656 g/mol. The van der Waals surface area contributed by atoms with Crippen LogP contribution in [0.2, 0.25) is 5.02 Å². The van der Waals surface area contributed by atoms with E-state index in [2.05, 4.69) is 20.4 Å². The first kappa shape index (κ1) is 29.9. The number of hydrogen-bond acceptors (Lipinski definition) is 6. The van der Waals surface area contributed by atoms with Gasteiger partial charge in [0.2, 0.25) is 5.69 Å². The Labute approximate surface area is 260 Å². The van der Waals surface area contributed by atoms with E-state index in [-0.39, 0.29) is 39.5 Å². The van der Waals surface area contributed by atoms with Crippen LogP contribution in [0, 0.1) is 11.0 Å². The molecule has 0 bridgehead atoms. The SMILES string of the molecule is O=C(O)c1ccc(-c2cnn(C(Cc3nccs3)c3ccc(-c4c(-[n+]5cc(C(F)(F)F)n[nH]5)ccc(Cl)c4F)c[n+]3[O-])c2)cc1. The second-order valence-electron chi connectivity index (χ2n) is 9.76. The molecule has 4 heterocycles. The summed E-state index contributed by atoms with van der Waals surface area (Å²) in [5, 5.41) is 34.9. The maximum absolute atomic E-state index is 15.4. The lowest BCUT2D eigenvalue weighted by Crippen LogP contribution is -2.37. The van der Waals surface area contributed by atoms with E-state index in [1.165, 1.54) is 47.7 Å². The van der Waals surface area contributed by atoms with Gasteiger partial charge in [0.25, 0.3) is 0 Å². The van der Waals surface area contributed by atoms with Crippen LogP contribution in [-0.4, -0.2) is 36.2 Å². The Hall–Kier alpha value is -5.15. The van der Waals surface area contributed by atoms with Crippen LogP contribution < -0.4 is 9.41 Å². The average molecular weight is 657 g/mol. The van der Waals surface area contributed by atoms with Crippen molar-refractivity contribution in [1.29, 1.82) is 0 Å². The van der Waals surface area contributed by atoms with Gasteiger partial charge in [-0.3, -0.25) is 4.68 Å². The van der Waals surface area contributed by atoms with Crippen LogP contribution in [0.3, 0.4) is 0 Å². The Kier molecular flexibility index (Phi) is 7.80. The van der Waals surface area contributed by atoms with Gasteiger partial charge in [-0.1, -0.05) is 28.9 Å². The molecule has 2 aromatic carbocycles. The molecule has 0 aliphatic heterocycles. The molecule has 0 amide bonds. The van der Waals surface area contributed by atoms with Crippen molar-refractivity contribution in [3.8, 4) is 27.9 Å². The fourth-order valence-corrected chi connectivity index (χ4v) is 5.59. The smallest absolute Gasteiger partial charge is 0.464 e. The van der Waals surface area contributed by atoms with Gasteiger partial charge in [0, 0.05) is 35.8 Å². The van der Waals surface area contributed by atoms with Crippen molar-refractivity contribution in [2.24, 2.45) is 0 Å². The number of rotatable bonds is 8. The summed E-state index contributed by atoms with van der Waals surface area (Å²) < 4.78 is 58.1. The number of H-pyrrole nitrogens is 1. The van der Waals surface area contributed by atoms with Crippen molar-refractivity contribution in [2.45, 2.75) is 18.6 Å². The van der Waals surface area contributed by atoms with Gasteiger partial charge in [0.1, 0.15) is 6.04 Å². The Morgan fingerprint density at radius 1 is 1.09 bits per heavy atom. The third-order valence-corrected chi connectivity index (χ3v) is 8.06. The van der Waals surface area contributed by atoms with Crippen LogP contribution in [0.4, 0.5) is 17.6 Å². The number of hydrogen-bond donors (Lipinski definition) is 2. The number of carboxylic acids is 1. The number of pyridine rings is 1. The molecule has 1 atom stereocenters. The van der Waals surface area contributed by atoms with Crippen molar-refractivity contribution in [3.05, 3.63) is 123 Å². The molecule has 228 valence electrons. The van der Waals surface area contributed by atoms with E-state index in [4.69, 9.17) is 11.6 Å². The highest BCUT2D eigenvalue weighted by atomic mass is 35.5. The van der Waals surface area contributed by atoms with Gasteiger partial charge in [-0.15, -0.1) is 16.0 Å². The van der Waals surface area contributed by atoms with E-state index in [9.17, 15) is 28.3 Å². The summed E-state index contributed by atoms with van der Waals surface area (Å²) in [4.78, 5) is 15.6. The number of benzene rings is 2. The predicted molar refractivity (Wildman–Crippen MR) is 153 cm³/mol. The van der Waals surface area contributed by atoms with Crippen LogP contribution in [0.15, 0.2) is 84.9 Å². The summed E-state index contributed by atoms with van der Waals surface area (Å²) in [6.07, 6.45) is 2.24. The number of aromatic carboxylic acids is 1. The second kappa shape index (κ2) is 11.7. The number of carbonyl (C=O) groups is 1. The Morgan fingerprint density at radius 3 is 2.49 bits per heavy atom. The summed E-state index contributed by atoms with van der Waals surface area (Å²) >= 11 is 7.42. The minimum atomic E-state index is -4.74.